The van der Waals surface area contributed by atoms with Crippen LogP contribution in [0, 0.1) is 11.3 Å². The van der Waals surface area contributed by atoms with Gasteiger partial charge in [0.05, 0.1) is 6.04 Å². The van der Waals surface area contributed by atoms with Crippen molar-refractivity contribution < 1.29 is 4.79 Å². The number of nitrogens with zero attached hydrogens (tertiary/aromatic N) is 1. The van der Waals surface area contributed by atoms with Crippen molar-refractivity contribution in [3.8, 4) is 0 Å². The van der Waals surface area contributed by atoms with Crippen LogP contribution in [0.2, 0.25) is 0 Å². The Kier molecular flexibility index (Phi) is 7.34. The largest absolute Gasteiger partial charge is 0.349 e. The van der Waals surface area contributed by atoms with Crippen molar-refractivity contribution in [2.75, 3.05) is 19.6 Å². The van der Waals surface area contributed by atoms with Crippen LogP contribution in [0.3, 0.4) is 0 Å². The van der Waals surface area contributed by atoms with Crippen molar-refractivity contribution >= 4 is 5.91 Å². The number of hydrogen-bond acceptors (Lipinski definition) is 2. The molecular formula is C25H38N2O. The van der Waals surface area contributed by atoms with E-state index >= 15 is 0 Å². The third-order valence-corrected chi connectivity index (χ3v) is 6.89. The Labute approximate surface area is 171 Å². The van der Waals surface area contributed by atoms with Gasteiger partial charge in [-0.2, -0.15) is 0 Å². The summed E-state index contributed by atoms with van der Waals surface area (Å²) in [6, 6.07) is 10.6. The van der Waals surface area contributed by atoms with Crippen LogP contribution in [-0.4, -0.2) is 30.4 Å². The Hall–Kier alpha value is -1.61. The second-order valence-corrected chi connectivity index (χ2v) is 9.12. The Bertz CT molecular complexity index is 642. The Morgan fingerprint density at radius 3 is 2.50 bits per heavy atom. The fourth-order valence-electron chi connectivity index (χ4n) is 4.73. The maximum Gasteiger partial charge on any atom is 0.220 e. The van der Waals surface area contributed by atoms with E-state index in [1.807, 2.05) is 6.07 Å². The highest BCUT2D eigenvalue weighted by atomic mass is 16.1. The second kappa shape index (κ2) is 9.73. The molecule has 0 radical (unpaired) electrons. The molecule has 2 fully saturated rings. The van der Waals surface area contributed by atoms with Gasteiger partial charge in [0.15, 0.2) is 0 Å². The smallest absolute Gasteiger partial charge is 0.220 e. The third kappa shape index (κ3) is 5.70. The summed E-state index contributed by atoms with van der Waals surface area (Å²) in [5.41, 5.74) is 2.94. The molecule has 1 N–H and O–H groups in total. The van der Waals surface area contributed by atoms with Gasteiger partial charge in [0.1, 0.15) is 0 Å². The first-order valence-corrected chi connectivity index (χ1v) is 11.2. The first-order chi connectivity index (χ1) is 13.5. The molecule has 1 heterocycles. The standard InChI is InChI=1S/C25H38N2O/c1-4-13-25(20(2)3)14-17-27(18-15-25)16-12-23(22-8-6-5-7-9-22)26-24(28)19-21-10-11-21/h5-9,21,23H,2,4,10-19H2,1,3H3,(H,26,28). The molecule has 3 nitrogen and oxygen atoms in total. The summed E-state index contributed by atoms with van der Waals surface area (Å²) in [5.74, 6) is 0.853. The number of amides is 1. The van der Waals surface area contributed by atoms with E-state index in [2.05, 4.69) is 54.9 Å². The summed E-state index contributed by atoms with van der Waals surface area (Å²) >= 11 is 0. The third-order valence-electron chi connectivity index (χ3n) is 6.89. The van der Waals surface area contributed by atoms with E-state index in [9.17, 15) is 4.79 Å². The monoisotopic (exact) mass is 382 g/mol. The van der Waals surface area contributed by atoms with Gasteiger partial charge in [-0.25, -0.2) is 0 Å². The topological polar surface area (TPSA) is 32.3 Å². The number of allylic oxidation sites excluding steroid dienone is 1. The molecule has 154 valence electrons. The van der Waals surface area contributed by atoms with Gasteiger partial charge in [-0.1, -0.05) is 55.8 Å². The van der Waals surface area contributed by atoms with Crippen LogP contribution in [0.25, 0.3) is 0 Å². The summed E-state index contributed by atoms with van der Waals surface area (Å²) in [7, 11) is 0. The van der Waals surface area contributed by atoms with E-state index in [1.165, 1.54) is 49.7 Å². The van der Waals surface area contributed by atoms with Crippen LogP contribution in [0.5, 0.6) is 0 Å². The van der Waals surface area contributed by atoms with E-state index in [4.69, 9.17) is 0 Å². The van der Waals surface area contributed by atoms with E-state index in [1.54, 1.807) is 0 Å². The molecule has 1 saturated carbocycles. The molecule has 1 atom stereocenters. The molecule has 2 aliphatic rings. The van der Waals surface area contributed by atoms with Crippen molar-refractivity contribution in [2.45, 2.75) is 71.3 Å². The summed E-state index contributed by atoms with van der Waals surface area (Å²) in [4.78, 5) is 15.0. The number of piperidine rings is 1. The lowest BCUT2D eigenvalue weighted by Gasteiger charge is -2.43. The highest BCUT2D eigenvalue weighted by Gasteiger charge is 2.34. The summed E-state index contributed by atoms with van der Waals surface area (Å²) in [6.45, 7) is 12.1. The minimum absolute atomic E-state index is 0.121. The highest BCUT2D eigenvalue weighted by molar-refractivity contribution is 5.77. The number of rotatable bonds is 10. The number of likely N-dealkylation sites (tertiary alicyclic amines) is 1. The molecule has 1 aromatic carbocycles. The molecule has 1 aromatic rings. The maximum atomic E-state index is 12.4. The van der Waals surface area contributed by atoms with Gasteiger partial charge in [0.2, 0.25) is 5.91 Å². The zero-order valence-corrected chi connectivity index (χ0v) is 17.9. The summed E-state index contributed by atoms with van der Waals surface area (Å²) in [5, 5.41) is 3.32. The van der Waals surface area contributed by atoms with Crippen molar-refractivity contribution in [3.05, 3.63) is 48.0 Å². The number of nitrogens with one attached hydrogen (secondary N) is 1. The first kappa shape index (κ1) is 21.1. The summed E-state index contributed by atoms with van der Waals surface area (Å²) in [6.07, 6.45) is 9.06. The average molecular weight is 383 g/mol. The number of benzene rings is 1. The SMILES string of the molecule is C=C(C)C1(CCC)CCN(CCC(NC(=O)CC2CC2)c2ccccc2)CC1. The Morgan fingerprint density at radius 1 is 1.25 bits per heavy atom. The zero-order valence-electron chi connectivity index (χ0n) is 17.9. The normalized spacial score (nSPS) is 20.5. The predicted molar refractivity (Wildman–Crippen MR) is 117 cm³/mol. The molecule has 1 unspecified atom stereocenters. The molecule has 1 aliphatic heterocycles. The summed E-state index contributed by atoms with van der Waals surface area (Å²) < 4.78 is 0. The van der Waals surface area contributed by atoms with Gasteiger partial charge in [0.25, 0.3) is 0 Å². The van der Waals surface area contributed by atoms with E-state index in [-0.39, 0.29) is 11.9 Å². The lowest BCUT2D eigenvalue weighted by Crippen LogP contribution is -2.42. The van der Waals surface area contributed by atoms with Gasteiger partial charge in [-0.3, -0.25) is 4.79 Å². The van der Waals surface area contributed by atoms with Gasteiger partial charge < -0.3 is 10.2 Å². The molecular weight excluding hydrogens is 344 g/mol. The van der Waals surface area contributed by atoms with E-state index in [0.29, 0.717) is 17.8 Å². The molecule has 0 aromatic heterocycles. The zero-order chi connectivity index (χ0) is 20.0. The second-order valence-electron chi connectivity index (χ2n) is 9.12. The highest BCUT2D eigenvalue weighted by Crippen LogP contribution is 2.42. The number of carbonyl (C=O) groups excluding carboxylic acids is 1. The van der Waals surface area contributed by atoms with E-state index < -0.39 is 0 Å². The van der Waals surface area contributed by atoms with Gasteiger partial charge in [0, 0.05) is 13.0 Å². The van der Waals surface area contributed by atoms with E-state index in [0.717, 1.165) is 26.1 Å². The molecule has 0 bridgehead atoms. The minimum Gasteiger partial charge on any atom is -0.349 e. The van der Waals surface area contributed by atoms with Crippen LogP contribution in [-0.2, 0) is 4.79 Å². The molecule has 0 spiro atoms. The molecule has 1 aliphatic carbocycles. The fourth-order valence-corrected chi connectivity index (χ4v) is 4.73. The Morgan fingerprint density at radius 2 is 1.93 bits per heavy atom. The first-order valence-electron chi connectivity index (χ1n) is 11.2. The van der Waals surface area contributed by atoms with Crippen LogP contribution in [0.4, 0.5) is 0 Å². The van der Waals surface area contributed by atoms with Crippen molar-refractivity contribution in [1.82, 2.24) is 10.2 Å². The molecule has 28 heavy (non-hydrogen) atoms. The van der Waals surface area contributed by atoms with Crippen LogP contribution in [0.15, 0.2) is 42.5 Å². The lowest BCUT2D eigenvalue weighted by molar-refractivity contribution is -0.122. The number of carbonyl (C=O) groups is 1. The van der Waals surface area contributed by atoms with Gasteiger partial charge in [-0.15, -0.1) is 0 Å². The lowest BCUT2D eigenvalue weighted by atomic mass is 9.70. The van der Waals surface area contributed by atoms with Crippen LogP contribution >= 0.6 is 0 Å². The maximum absolute atomic E-state index is 12.4. The molecule has 1 amide bonds. The van der Waals surface area contributed by atoms with Crippen molar-refractivity contribution in [1.29, 1.82) is 0 Å². The number of hydrogen-bond donors (Lipinski definition) is 1. The van der Waals surface area contributed by atoms with Crippen LogP contribution in [0.1, 0.15) is 76.8 Å². The Balaban J connectivity index is 1.54. The van der Waals surface area contributed by atoms with Crippen molar-refractivity contribution in [3.63, 3.8) is 0 Å². The van der Waals surface area contributed by atoms with Gasteiger partial charge >= 0.3 is 0 Å². The quantitative estimate of drug-likeness (QED) is 0.543. The molecule has 3 heteroatoms. The minimum atomic E-state index is 0.121. The molecule has 3 rings (SSSR count). The predicted octanol–water partition coefficient (Wildman–Crippen LogP) is 5.49. The molecule has 1 saturated heterocycles. The average Bonchev–Trinajstić information content (AvgIpc) is 3.51. The van der Waals surface area contributed by atoms with Gasteiger partial charge in [-0.05, 0) is 75.4 Å². The van der Waals surface area contributed by atoms with Crippen molar-refractivity contribution in [2.24, 2.45) is 11.3 Å². The fraction of sp³-hybridized carbons (Fsp3) is 0.640. The van der Waals surface area contributed by atoms with Crippen LogP contribution < -0.4 is 5.32 Å².